The van der Waals surface area contributed by atoms with Crippen LogP contribution in [0.2, 0.25) is 0 Å². The van der Waals surface area contributed by atoms with Crippen molar-refractivity contribution < 1.29 is 8.78 Å². The van der Waals surface area contributed by atoms with Gasteiger partial charge in [-0.2, -0.15) is 0 Å². The number of halogens is 2. The zero-order valence-corrected chi connectivity index (χ0v) is 11.0. The molecule has 1 heterocycles. The van der Waals surface area contributed by atoms with E-state index < -0.39 is 17.7 Å². The van der Waals surface area contributed by atoms with Gasteiger partial charge in [0, 0.05) is 29.1 Å². The molecule has 2 nitrogen and oxygen atoms in total. The van der Waals surface area contributed by atoms with Gasteiger partial charge >= 0.3 is 0 Å². The number of thiazole rings is 1. The number of hydrogen-bond donors (Lipinski definition) is 1. The van der Waals surface area contributed by atoms with E-state index in [9.17, 15) is 8.78 Å². The number of nitrogens with zero attached hydrogens (tertiary/aromatic N) is 1. The Hall–Kier alpha value is -1.33. The van der Waals surface area contributed by atoms with E-state index in [4.69, 9.17) is 0 Å². The van der Waals surface area contributed by atoms with Crippen LogP contribution in [0.4, 0.5) is 8.78 Å². The largest absolute Gasteiger partial charge is 0.312 e. The molecule has 0 aliphatic rings. The molecule has 0 bridgehead atoms. The van der Waals surface area contributed by atoms with Crippen molar-refractivity contribution in [1.82, 2.24) is 10.3 Å². The summed E-state index contributed by atoms with van der Waals surface area (Å²) in [5, 5.41) is 5.74. The van der Waals surface area contributed by atoms with E-state index >= 15 is 0 Å². The SMILES string of the molecule is CNC(Cc1nc(C)cs1)c1c(F)cccc1F. The standard InChI is InChI=1S/C13H14F2N2S/c1-8-7-18-12(17-8)6-11(16-2)13-9(14)4-3-5-10(13)15/h3-5,7,11,16H,6H2,1-2H3. The zero-order valence-electron chi connectivity index (χ0n) is 10.2. The summed E-state index contributed by atoms with van der Waals surface area (Å²) in [6, 6.07) is 3.51. The Morgan fingerprint density at radius 2 is 2.00 bits per heavy atom. The van der Waals surface area contributed by atoms with Crippen molar-refractivity contribution in [3.8, 4) is 0 Å². The minimum atomic E-state index is -0.525. The van der Waals surface area contributed by atoms with Gasteiger partial charge in [-0.25, -0.2) is 13.8 Å². The first-order valence-electron chi connectivity index (χ1n) is 5.64. The van der Waals surface area contributed by atoms with Crippen LogP contribution in [0.1, 0.15) is 22.3 Å². The van der Waals surface area contributed by atoms with Crippen LogP contribution in [0, 0.1) is 18.6 Å². The van der Waals surface area contributed by atoms with Gasteiger partial charge in [0.25, 0.3) is 0 Å². The van der Waals surface area contributed by atoms with Crippen LogP contribution in [0.5, 0.6) is 0 Å². The molecule has 0 radical (unpaired) electrons. The summed E-state index contributed by atoms with van der Waals surface area (Å²) < 4.78 is 27.4. The Kier molecular flexibility index (Phi) is 4.04. The maximum atomic E-state index is 13.7. The molecule has 1 unspecified atom stereocenters. The molecule has 0 fully saturated rings. The second-order valence-corrected chi connectivity index (χ2v) is 5.01. The van der Waals surface area contributed by atoms with E-state index in [-0.39, 0.29) is 5.56 Å². The molecular formula is C13H14F2N2S. The van der Waals surface area contributed by atoms with Crippen molar-refractivity contribution in [3.63, 3.8) is 0 Å². The minimum Gasteiger partial charge on any atom is -0.312 e. The molecule has 0 saturated heterocycles. The van der Waals surface area contributed by atoms with E-state index in [0.717, 1.165) is 10.7 Å². The highest BCUT2D eigenvalue weighted by Crippen LogP contribution is 2.25. The fraction of sp³-hybridized carbons (Fsp3) is 0.308. The summed E-state index contributed by atoms with van der Waals surface area (Å²) in [5.41, 5.74) is 1.01. The van der Waals surface area contributed by atoms with Crippen molar-refractivity contribution in [2.45, 2.75) is 19.4 Å². The van der Waals surface area contributed by atoms with Gasteiger partial charge < -0.3 is 5.32 Å². The van der Waals surface area contributed by atoms with E-state index in [1.54, 1.807) is 7.05 Å². The molecule has 18 heavy (non-hydrogen) atoms. The van der Waals surface area contributed by atoms with Crippen LogP contribution < -0.4 is 5.32 Å². The average Bonchev–Trinajstić information content (AvgIpc) is 2.73. The normalized spacial score (nSPS) is 12.7. The van der Waals surface area contributed by atoms with Gasteiger partial charge in [-0.15, -0.1) is 11.3 Å². The highest BCUT2D eigenvalue weighted by molar-refractivity contribution is 7.09. The van der Waals surface area contributed by atoms with Gasteiger partial charge in [0.2, 0.25) is 0 Å². The van der Waals surface area contributed by atoms with Gasteiger partial charge in [0.1, 0.15) is 11.6 Å². The van der Waals surface area contributed by atoms with Crippen LogP contribution in [-0.4, -0.2) is 12.0 Å². The lowest BCUT2D eigenvalue weighted by Gasteiger charge is -2.16. The summed E-state index contributed by atoms with van der Waals surface area (Å²) >= 11 is 1.50. The van der Waals surface area contributed by atoms with E-state index in [0.29, 0.717) is 6.42 Å². The number of aromatic nitrogens is 1. The molecule has 1 N–H and O–H groups in total. The van der Waals surface area contributed by atoms with Crippen LogP contribution in [0.15, 0.2) is 23.6 Å². The second kappa shape index (κ2) is 5.54. The van der Waals surface area contributed by atoms with Gasteiger partial charge in [-0.3, -0.25) is 0 Å². The third-order valence-corrected chi connectivity index (χ3v) is 3.73. The molecule has 0 aliphatic heterocycles. The Morgan fingerprint density at radius 1 is 1.33 bits per heavy atom. The maximum Gasteiger partial charge on any atom is 0.130 e. The van der Waals surface area contributed by atoms with Crippen LogP contribution in [0.25, 0.3) is 0 Å². The summed E-state index contributed by atoms with van der Waals surface area (Å²) in [6.45, 7) is 1.90. The first-order valence-corrected chi connectivity index (χ1v) is 6.52. The minimum absolute atomic E-state index is 0.0767. The van der Waals surface area contributed by atoms with Crippen molar-refractivity contribution >= 4 is 11.3 Å². The number of nitrogens with one attached hydrogen (secondary N) is 1. The first kappa shape index (κ1) is 13.1. The molecule has 1 aromatic heterocycles. The van der Waals surface area contributed by atoms with Gasteiger partial charge in [0.05, 0.1) is 5.01 Å². The summed E-state index contributed by atoms with van der Waals surface area (Å²) in [7, 11) is 1.69. The Balaban J connectivity index is 2.28. The Bertz CT molecular complexity index is 519. The zero-order chi connectivity index (χ0) is 13.1. The maximum absolute atomic E-state index is 13.7. The number of aryl methyl sites for hydroxylation is 1. The fourth-order valence-electron chi connectivity index (χ4n) is 1.86. The Labute approximate surface area is 109 Å². The lowest BCUT2D eigenvalue weighted by molar-refractivity contribution is 0.489. The summed E-state index contributed by atoms with van der Waals surface area (Å²) in [5.74, 6) is -1.05. The third kappa shape index (κ3) is 2.73. The predicted octanol–water partition coefficient (Wildman–Crippen LogP) is 3.23. The van der Waals surface area contributed by atoms with E-state index in [2.05, 4.69) is 10.3 Å². The molecule has 1 aromatic carbocycles. The highest BCUT2D eigenvalue weighted by atomic mass is 32.1. The second-order valence-electron chi connectivity index (χ2n) is 4.06. The van der Waals surface area contributed by atoms with Crippen LogP contribution in [0.3, 0.4) is 0 Å². The van der Waals surface area contributed by atoms with Gasteiger partial charge in [0.15, 0.2) is 0 Å². The van der Waals surface area contributed by atoms with Crippen LogP contribution >= 0.6 is 11.3 Å². The van der Waals surface area contributed by atoms with Crippen molar-refractivity contribution in [2.24, 2.45) is 0 Å². The smallest absolute Gasteiger partial charge is 0.130 e. The van der Waals surface area contributed by atoms with E-state index in [1.165, 1.54) is 29.5 Å². The van der Waals surface area contributed by atoms with Crippen LogP contribution in [-0.2, 0) is 6.42 Å². The first-order chi connectivity index (χ1) is 8.61. The predicted molar refractivity (Wildman–Crippen MR) is 68.7 cm³/mol. The van der Waals surface area contributed by atoms with Crippen molar-refractivity contribution in [3.05, 3.63) is 51.5 Å². The molecule has 2 rings (SSSR count). The molecule has 0 saturated carbocycles. The molecule has 96 valence electrons. The molecule has 0 amide bonds. The number of hydrogen-bond acceptors (Lipinski definition) is 3. The molecule has 0 aliphatic carbocycles. The average molecular weight is 268 g/mol. The summed E-state index contributed by atoms with van der Waals surface area (Å²) in [6.07, 6.45) is 0.479. The Morgan fingerprint density at radius 3 is 2.50 bits per heavy atom. The number of rotatable bonds is 4. The van der Waals surface area contributed by atoms with E-state index in [1.807, 2.05) is 12.3 Å². The molecule has 1 atom stereocenters. The number of benzene rings is 1. The number of likely N-dealkylation sites (N-methyl/N-ethyl adjacent to an activating group) is 1. The lowest BCUT2D eigenvalue weighted by atomic mass is 10.0. The molecule has 0 spiro atoms. The molecule has 5 heteroatoms. The topological polar surface area (TPSA) is 24.9 Å². The molecule has 2 aromatic rings. The van der Waals surface area contributed by atoms with Crippen molar-refractivity contribution in [2.75, 3.05) is 7.05 Å². The quantitative estimate of drug-likeness (QED) is 0.921. The highest BCUT2D eigenvalue weighted by Gasteiger charge is 2.20. The third-order valence-electron chi connectivity index (χ3n) is 2.74. The van der Waals surface area contributed by atoms with Gasteiger partial charge in [-0.1, -0.05) is 6.07 Å². The fourth-order valence-corrected chi connectivity index (χ4v) is 2.68. The summed E-state index contributed by atoms with van der Waals surface area (Å²) in [4.78, 5) is 4.32. The monoisotopic (exact) mass is 268 g/mol. The van der Waals surface area contributed by atoms with Crippen molar-refractivity contribution in [1.29, 1.82) is 0 Å². The lowest BCUT2D eigenvalue weighted by Crippen LogP contribution is -2.21. The molecular weight excluding hydrogens is 254 g/mol. The van der Waals surface area contributed by atoms with Gasteiger partial charge in [-0.05, 0) is 26.1 Å².